The quantitative estimate of drug-likeness (QED) is 0.383. The van der Waals surface area contributed by atoms with Gasteiger partial charge in [0.05, 0.1) is 0 Å². The van der Waals surface area contributed by atoms with Crippen LogP contribution in [0.15, 0.2) is 45.2 Å². The lowest BCUT2D eigenvalue weighted by Crippen LogP contribution is -2.55. The number of hydrogen-bond donors (Lipinski definition) is 0. The summed E-state index contributed by atoms with van der Waals surface area (Å²) in [6, 6.07) is 8.29. The van der Waals surface area contributed by atoms with Crippen LogP contribution in [0.3, 0.4) is 0 Å². The van der Waals surface area contributed by atoms with E-state index in [-0.39, 0.29) is 15.6 Å². The van der Waals surface area contributed by atoms with Crippen molar-refractivity contribution < 1.29 is 8.42 Å². The van der Waals surface area contributed by atoms with Gasteiger partial charge in [0.25, 0.3) is 0 Å². The van der Waals surface area contributed by atoms with Crippen molar-refractivity contribution in [2.45, 2.75) is 9.92 Å². The Bertz CT molecular complexity index is 1050. The topological polar surface area (TPSA) is 99.3 Å². The van der Waals surface area contributed by atoms with Crippen LogP contribution in [0, 0.1) is 11.5 Å². The molecule has 3 rings (SSSR count). The molecule has 1 aromatic carbocycles. The van der Waals surface area contributed by atoms with Gasteiger partial charge in [0.1, 0.15) is 10.7 Å². The minimum atomic E-state index is -4.07. The minimum absolute atomic E-state index is 0.0288. The third kappa shape index (κ3) is 2.83. The Morgan fingerprint density at radius 1 is 1.27 bits per heavy atom. The summed E-state index contributed by atoms with van der Waals surface area (Å²) in [5.74, 6) is 0. The second-order valence-corrected chi connectivity index (χ2v) is 9.60. The van der Waals surface area contributed by atoms with E-state index < -0.39 is 14.1 Å². The number of aromatic nitrogens is 2. The zero-order valence-corrected chi connectivity index (χ0v) is 17.4. The highest BCUT2D eigenvalue weighted by Gasteiger charge is 2.57. The second-order valence-electron chi connectivity index (χ2n) is 5.27. The molecule has 1 aromatic heterocycles. The highest BCUT2D eigenvalue weighted by Crippen LogP contribution is 2.50. The average Bonchev–Trinajstić information content (AvgIpc) is 2.90. The Kier molecular flexibility index (Phi) is 5.08. The summed E-state index contributed by atoms with van der Waals surface area (Å²) >= 11 is 10.2. The van der Waals surface area contributed by atoms with Crippen molar-refractivity contribution in [3.05, 3.63) is 35.5 Å². The van der Waals surface area contributed by atoms with Crippen molar-refractivity contribution in [2.75, 3.05) is 14.1 Å². The van der Waals surface area contributed by atoms with E-state index in [1.54, 1.807) is 30.3 Å². The van der Waals surface area contributed by atoms with Crippen LogP contribution in [0.2, 0.25) is 5.15 Å². The standard InChI is InChI=1S/C14H11BrClN6O2S2/c1-21(2)26(23,24)22(8-17)9-4-3-5-10(13(9)18-14(22)15)25-12-7-6-11(16)19-20-12/h3-7H,1-2H3/q+1. The van der Waals surface area contributed by atoms with Gasteiger partial charge in [0.15, 0.2) is 10.8 Å². The number of benzene rings is 1. The van der Waals surface area contributed by atoms with Crippen LogP contribution in [0.1, 0.15) is 0 Å². The molecule has 8 nitrogen and oxygen atoms in total. The van der Waals surface area contributed by atoms with E-state index in [1.807, 2.05) is 6.19 Å². The predicted molar refractivity (Wildman–Crippen MR) is 104 cm³/mol. The molecule has 2 aromatic rings. The fraction of sp³-hybridized carbons (Fsp3) is 0.143. The predicted octanol–water partition coefficient (Wildman–Crippen LogP) is 3.27. The molecule has 0 radical (unpaired) electrons. The Hall–Kier alpha value is -1.55. The van der Waals surface area contributed by atoms with Crippen LogP contribution in [0.4, 0.5) is 11.4 Å². The summed E-state index contributed by atoms with van der Waals surface area (Å²) in [6.07, 6.45) is 1.88. The van der Waals surface area contributed by atoms with E-state index in [1.165, 1.54) is 25.9 Å². The number of hydrogen-bond acceptors (Lipinski definition) is 7. The Morgan fingerprint density at radius 2 is 2.00 bits per heavy atom. The number of fused-ring (bicyclic) bond motifs is 1. The smallest absolute Gasteiger partial charge is 0.180 e. The molecule has 134 valence electrons. The lowest BCUT2D eigenvalue weighted by Gasteiger charge is -2.24. The SMILES string of the molecule is CN(C)S(=O)(=O)[N+]1(C#N)C(Br)=Nc2c(Sc3ccc(Cl)nn3)cccc21. The number of halogens is 2. The maximum Gasteiger partial charge on any atom is 0.397 e. The zero-order valence-electron chi connectivity index (χ0n) is 13.5. The van der Waals surface area contributed by atoms with Crippen molar-refractivity contribution in [1.29, 1.82) is 5.26 Å². The summed E-state index contributed by atoms with van der Waals surface area (Å²) in [5.41, 5.74) is 0.619. The monoisotopic (exact) mass is 473 g/mol. The van der Waals surface area contributed by atoms with E-state index in [4.69, 9.17) is 11.6 Å². The van der Waals surface area contributed by atoms with E-state index in [0.29, 0.717) is 15.6 Å². The molecule has 0 fully saturated rings. The van der Waals surface area contributed by atoms with Gasteiger partial charge in [0, 0.05) is 41.0 Å². The molecule has 0 amide bonds. The van der Waals surface area contributed by atoms with Crippen molar-refractivity contribution in [3.63, 3.8) is 0 Å². The van der Waals surface area contributed by atoms with Gasteiger partial charge >= 0.3 is 21.1 Å². The number of para-hydroxylation sites is 1. The summed E-state index contributed by atoms with van der Waals surface area (Å²) in [6.45, 7) is 0. The molecule has 0 spiro atoms. The number of rotatable bonds is 4. The van der Waals surface area contributed by atoms with Gasteiger partial charge in [-0.2, -0.15) is 17.7 Å². The first-order chi connectivity index (χ1) is 12.2. The minimum Gasteiger partial charge on any atom is -0.180 e. The van der Waals surface area contributed by atoms with Crippen molar-refractivity contribution in [3.8, 4) is 6.19 Å². The summed E-state index contributed by atoms with van der Waals surface area (Å²) in [5, 5.41) is 18.4. The van der Waals surface area contributed by atoms with Crippen LogP contribution in [-0.2, 0) is 10.2 Å². The van der Waals surface area contributed by atoms with E-state index >= 15 is 0 Å². The number of amidine groups is 1. The zero-order chi connectivity index (χ0) is 19.1. The van der Waals surface area contributed by atoms with Crippen LogP contribution in [-0.4, -0.2) is 41.8 Å². The molecule has 12 heteroatoms. The number of aliphatic imine (C=N–C) groups is 1. The summed E-state index contributed by atoms with van der Waals surface area (Å²) in [7, 11) is -1.33. The lowest BCUT2D eigenvalue weighted by atomic mass is 10.2. The lowest BCUT2D eigenvalue weighted by molar-refractivity contribution is 0.489. The van der Waals surface area contributed by atoms with Crippen LogP contribution >= 0.6 is 39.3 Å². The maximum absolute atomic E-state index is 12.9. The number of quaternary nitrogens is 1. The van der Waals surface area contributed by atoms with Crippen molar-refractivity contribution in [2.24, 2.45) is 4.99 Å². The van der Waals surface area contributed by atoms with Gasteiger partial charge in [-0.05, 0) is 22.1 Å². The third-order valence-corrected chi connectivity index (χ3v) is 7.74. The van der Waals surface area contributed by atoms with Crippen LogP contribution in [0.25, 0.3) is 0 Å². The molecule has 0 saturated carbocycles. The Balaban J connectivity index is 2.17. The maximum atomic E-state index is 12.9. The first kappa shape index (κ1) is 19.2. The molecule has 0 aliphatic carbocycles. The molecule has 1 unspecified atom stereocenters. The van der Waals surface area contributed by atoms with E-state index in [2.05, 4.69) is 31.1 Å². The van der Waals surface area contributed by atoms with Crippen LogP contribution in [0.5, 0.6) is 0 Å². The Morgan fingerprint density at radius 3 is 2.58 bits per heavy atom. The molecular formula is C14H11BrClN6O2S2+. The number of nitriles is 1. The Labute approximate surface area is 168 Å². The first-order valence-electron chi connectivity index (χ1n) is 7.02. The molecule has 0 N–H and O–H groups in total. The highest BCUT2D eigenvalue weighted by atomic mass is 79.9. The van der Waals surface area contributed by atoms with E-state index in [9.17, 15) is 13.7 Å². The normalized spacial score (nSPS) is 19.2. The van der Waals surface area contributed by atoms with Gasteiger partial charge in [0.2, 0.25) is 0 Å². The largest absolute Gasteiger partial charge is 0.397 e. The van der Waals surface area contributed by atoms with E-state index in [0.717, 1.165) is 4.31 Å². The second kappa shape index (κ2) is 6.88. The van der Waals surface area contributed by atoms with Gasteiger partial charge in [-0.25, -0.2) is 0 Å². The molecule has 0 bridgehead atoms. The number of nitrogens with zero attached hydrogens (tertiary/aromatic N) is 6. The van der Waals surface area contributed by atoms with Gasteiger partial charge in [-0.1, -0.05) is 29.4 Å². The molecule has 1 atom stereocenters. The van der Waals surface area contributed by atoms with Crippen molar-refractivity contribution in [1.82, 2.24) is 18.4 Å². The molecule has 26 heavy (non-hydrogen) atoms. The van der Waals surface area contributed by atoms with Crippen molar-refractivity contribution >= 4 is 65.6 Å². The molecule has 2 heterocycles. The molecule has 1 aliphatic rings. The van der Waals surface area contributed by atoms with Crippen LogP contribution < -0.4 is 3.89 Å². The third-order valence-electron chi connectivity index (χ3n) is 3.55. The van der Waals surface area contributed by atoms with Gasteiger partial charge < -0.3 is 0 Å². The average molecular weight is 475 g/mol. The molecular weight excluding hydrogens is 464 g/mol. The van der Waals surface area contributed by atoms with Gasteiger partial charge in [-0.15, -0.1) is 15.5 Å². The fourth-order valence-electron chi connectivity index (χ4n) is 2.30. The summed E-state index contributed by atoms with van der Waals surface area (Å²) < 4.78 is 25.7. The fourth-order valence-corrected chi connectivity index (χ4v) is 5.46. The summed E-state index contributed by atoms with van der Waals surface area (Å²) in [4.78, 5) is 4.96. The first-order valence-corrected chi connectivity index (χ1v) is 10.4. The highest BCUT2D eigenvalue weighted by molar-refractivity contribution is 9.18. The molecule has 1 aliphatic heterocycles. The van der Waals surface area contributed by atoms with Gasteiger partial charge in [-0.3, -0.25) is 0 Å². The molecule has 0 saturated heterocycles.